The van der Waals surface area contributed by atoms with Crippen LogP contribution in [0.2, 0.25) is 0 Å². The number of benzene rings is 1. The van der Waals surface area contributed by atoms with Gasteiger partial charge >= 0.3 is 0 Å². The van der Waals surface area contributed by atoms with Gasteiger partial charge in [0.2, 0.25) is 0 Å². The van der Waals surface area contributed by atoms with E-state index in [0.717, 1.165) is 25.0 Å². The van der Waals surface area contributed by atoms with Crippen molar-refractivity contribution < 1.29 is 9.84 Å². The van der Waals surface area contributed by atoms with Crippen molar-refractivity contribution in [1.82, 2.24) is 0 Å². The molecule has 0 saturated carbocycles. The quantitative estimate of drug-likeness (QED) is 0.841. The molecule has 1 aromatic carbocycles. The van der Waals surface area contributed by atoms with Gasteiger partial charge in [-0.2, -0.15) is 0 Å². The molecular formula is C17H24O2. The Morgan fingerprint density at radius 2 is 2.11 bits per heavy atom. The van der Waals surface area contributed by atoms with Crippen LogP contribution < -0.4 is 4.74 Å². The van der Waals surface area contributed by atoms with Gasteiger partial charge in [-0.1, -0.05) is 43.2 Å². The van der Waals surface area contributed by atoms with E-state index < -0.39 is 0 Å². The van der Waals surface area contributed by atoms with E-state index in [9.17, 15) is 5.11 Å². The molecule has 1 unspecified atom stereocenters. The van der Waals surface area contributed by atoms with Crippen molar-refractivity contribution in [1.29, 1.82) is 0 Å². The Bertz CT molecular complexity index is 486. The molecular weight excluding hydrogens is 236 g/mol. The summed E-state index contributed by atoms with van der Waals surface area (Å²) in [6.45, 7) is 6.53. The topological polar surface area (TPSA) is 29.5 Å². The third-order valence-electron chi connectivity index (χ3n) is 3.75. The van der Waals surface area contributed by atoms with E-state index in [1.54, 1.807) is 7.11 Å². The highest BCUT2D eigenvalue weighted by Crippen LogP contribution is 2.37. The molecule has 19 heavy (non-hydrogen) atoms. The first-order valence-electron chi connectivity index (χ1n) is 6.91. The fourth-order valence-electron chi connectivity index (χ4n) is 3.05. The van der Waals surface area contributed by atoms with Crippen LogP contribution >= 0.6 is 0 Å². The highest BCUT2D eigenvalue weighted by Gasteiger charge is 2.27. The van der Waals surface area contributed by atoms with Gasteiger partial charge in [0.25, 0.3) is 0 Å². The first-order chi connectivity index (χ1) is 8.89. The van der Waals surface area contributed by atoms with Crippen molar-refractivity contribution in [3.05, 3.63) is 41.0 Å². The third-order valence-corrected chi connectivity index (χ3v) is 3.75. The third kappa shape index (κ3) is 3.60. The molecule has 2 heteroatoms. The summed E-state index contributed by atoms with van der Waals surface area (Å²) in [7, 11) is 1.71. The second-order valence-electron chi connectivity index (χ2n) is 6.43. The van der Waals surface area contributed by atoms with Gasteiger partial charge in [-0.3, -0.25) is 0 Å². The van der Waals surface area contributed by atoms with Crippen LogP contribution in [0.1, 0.15) is 37.8 Å². The van der Waals surface area contributed by atoms with E-state index >= 15 is 0 Å². The van der Waals surface area contributed by atoms with Crippen LogP contribution in [-0.2, 0) is 6.42 Å². The molecule has 0 saturated heterocycles. The number of hydrogen-bond acceptors (Lipinski definition) is 2. The SMILES string of the molecule is COc1ccc(C)cc1CC1=CC(O)CC(C)(C)C1. The molecule has 0 aliphatic heterocycles. The lowest BCUT2D eigenvalue weighted by molar-refractivity contribution is 0.138. The van der Waals surface area contributed by atoms with Crippen LogP contribution in [0.15, 0.2) is 29.8 Å². The molecule has 2 rings (SSSR count). The normalized spacial score (nSPS) is 21.9. The van der Waals surface area contributed by atoms with Gasteiger partial charge in [0, 0.05) is 0 Å². The fraction of sp³-hybridized carbons (Fsp3) is 0.529. The van der Waals surface area contributed by atoms with E-state index in [2.05, 4.69) is 32.9 Å². The van der Waals surface area contributed by atoms with Gasteiger partial charge in [0.1, 0.15) is 5.75 Å². The van der Waals surface area contributed by atoms with Gasteiger partial charge in [-0.15, -0.1) is 0 Å². The number of rotatable bonds is 3. The molecule has 0 fully saturated rings. The van der Waals surface area contributed by atoms with Crippen LogP contribution in [-0.4, -0.2) is 18.3 Å². The van der Waals surface area contributed by atoms with Gasteiger partial charge in [0.05, 0.1) is 13.2 Å². The number of hydrogen-bond donors (Lipinski definition) is 1. The Kier molecular flexibility index (Phi) is 4.00. The highest BCUT2D eigenvalue weighted by atomic mass is 16.5. The predicted octanol–water partition coefficient (Wildman–Crippen LogP) is 3.65. The number of aryl methyl sites for hydroxylation is 1. The lowest BCUT2D eigenvalue weighted by atomic mass is 9.75. The highest BCUT2D eigenvalue weighted by molar-refractivity contribution is 5.40. The molecule has 0 spiro atoms. The monoisotopic (exact) mass is 260 g/mol. The number of allylic oxidation sites excluding steroid dienone is 1. The van der Waals surface area contributed by atoms with Crippen LogP contribution in [0.4, 0.5) is 0 Å². The maximum absolute atomic E-state index is 9.97. The smallest absolute Gasteiger partial charge is 0.122 e. The van der Waals surface area contributed by atoms with E-state index in [4.69, 9.17) is 4.74 Å². The van der Waals surface area contributed by atoms with E-state index in [1.807, 2.05) is 12.1 Å². The summed E-state index contributed by atoms with van der Waals surface area (Å²) in [6.07, 6.45) is 4.47. The predicted molar refractivity (Wildman–Crippen MR) is 78.5 cm³/mol. The van der Waals surface area contributed by atoms with E-state index in [0.29, 0.717) is 0 Å². The standard InChI is InChI=1S/C17H24O2/c1-12-5-6-16(19-4)14(7-12)8-13-9-15(18)11-17(2,3)10-13/h5-7,9,15,18H,8,10-11H2,1-4H3. The minimum Gasteiger partial charge on any atom is -0.496 e. The van der Waals surface area contributed by atoms with Gasteiger partial charge in [0.15, 0.2) is 0 Å². The summed E-state index contributed by atoms with van der Waals surface area (Å²) in [5.41, 5.74) is 3.94. The molecule has 104 valence electrons. The van der Waals surface area contributed by atoms with Crippen LogP contribution in [0.5, 0.6) is 5.75 Å². The van der Waals surface area contributed by atoms with Crippen LogP contribution in [0.3, 0.4) is 0 Å². The molecule has 0 bridgehead atoms. The molecule has 2 nitrogen and oxygen atoms in total. The number of aliphatic hydroxyl groups is 1. The minimum atomic E-state index is -0.311. The van der Waals surface area contributed by atoms with Crippen molar-refractivity contribution in [3.8, 4) is 5.75 Å². The summed E-state index contributed by atoms with van der Waals surface area (Å²) in [6, 6.07) is 6.26. The van der Waals surface area contributed by atoms with Gasteiger partial charge < -0.3 is 9.84 Å². The summed E-state index contributed by atoms with van der Waals surface area (Å²) in [5.74, 6) is 0.935. The van der Waals surface area contributed by atoms with E-state index in [-0.39, 0.29) is 11.5 Å². The summed E-state index contributed by atoms with van der Waals surface area (Å²) >= 11 is 0. The number of ether oxygens (including phenoxy) is 1. The summed E-state index contributed by atoms with van der Waals surface area (Å²) < 4.78 is 5.43. The van der Waals surface area contributed by atoms with Gasteiger partial charge in [-0.05, 0) is 43.2 Å². The largest absolute Gasteiger partial charge is 0.496 e. The van der Waals surface area contributed by atoms with Crippen molar-refractivity contribution in [2.24, 2.45) is 5.41 Å². The zero-order valence-electron chi connectivity index (χ0n) is 12.4. The average Bonchev–Trinajstić information content (AvgIpc) is 2.26. The lowest BCUT2D eigenvalue weighted by Crippen LogP contribution is -2.25. The molecule has 0 radical (unpaired) electrons. The maximum atomic E-state index is 9.97. The molecule has 0 heterocycles. The lowest BCUT2D eigenvalue weighted by Gasteiger charge is -2.32. The van der Waals surface area contributed by atoms with Crippen molar-refractivity contribution >= 4 is 0 Å². The Morgan fingerprint density at radius 1 is 1.37 bits per heavy atom. The van der Waals surface area contributed by atoms with Gasteiger partial charge in [-0.25, -0.2) is 0 Å². The second kappa shape index (κ2) is 5.38. The summed E-state index contributed by atoms with van der Waals surface area (Å²) in [5, 5.41) is 9.97. The minimum absolute atomic E-state index is 0.181. The zero-order chi connectivity index (χ0) is 14.0. The Labute approximate surface area is 116 Å². The van der Waals surface area contributed by atoms with Crippen molar-refractivity contribution in [3.63, 3.8) is 0 Å². The Morgan fingerprint density at radius 3 is 2.74 bits per heavy atom. The first kappa shape index (κ1) is 14.1. The van der Waals surface area contributed by atoms with Crippen molar-refractivity contribution in [2.45, 2.75) is 46.1 Å². The molecule has 1 aliphatic carbocycles. The average molecular weight is 260 g/mol. The van der Waals surface area contributed by atoms with E-state index in [1.165, 1.54) is 16.7 Å². The molecule has 1 aromatic rings. The molecule has 1 atom stereocenters. The van der Waals surface area contributed by atoms with Crippen LogP contribution in [0, 0.1) is 12.3 Å². The van der Waals surface area contributed by atoms with Crippen LogP contribution in [0.25, 0.3) is 0 Å². The Balaban J connectivity index is 2.23. The fourth-order valence-corrected chi connectivity index (χ4v) is 3.05. The Hall–Kier alpha value is -1.28. The molecule has 0 amide bonds. The second-order valence-corrected chi connectivity index (χ2v) is 6.43. The molecule has 0 aromatic heterocycles. The zero-order valence-corrected chi connectivity index (χ0v) is 12.4. The first-order valence-corrected chi connectivity index (χ1v) is 6.91. The molecule has 1 aliphatic rings. The summed E-state index contributed by atoms with van der Waals surface area (Å²) in [4.78, 5) is 0. The number of aliphatic hydroxyl groups excluding tert-OH is 1. The maximum Gasteiger partial charge on any atom is 0.122 e. The number of methoxy groups -OCH3 is 1. The molecule has 1 N–H and O–H groups in total. The van der Waals surface area contributed by atoms with Crippen molar-refractivity contribution in [2.75, 3.05) is 7.11 Å².